The number of hydrogen-bond donors (Lipinski definition) is 4. The van der Waals surface area contributed by atoms with Crippen LogP contribution in [-0.4, -0.2) is 160 Å². The molecular formula is C64H124Cl2N4O12+2. The summed E-state index contributed by atoms with van der Waals surface area (Å²) in [7, 11) is 7.58. The molecular weight excluding hydrogens is 1090 g/mol. The van der Waals surface area contributed by atoms with Crippen LogP contribution in [0.25, 0.3) is 0 Å². The van der Waals surface area contributed by atoms with Gasteiger partial charge in [-0.2, -0.15) is 0 Å². The molecule has 0 aromatic heterocycles. The molecule has 16 nitrogen and oxygen atoms in total. The van der Waals surface area contributed by atoms with Crippen molar-refractivity contribution < 1.29 is 66.9 Å². The van der Waals surface area contributed by atoms with Gasteiger partial charge in [0.2, 0.25) is 11.8 Å². The summed E-state index contributed by atoms with van der Waals surface area (Å²) >= 11 is 0. The van der Waals surface area contributed by atoms with Crippen molar-refractivity contribution in [3.05, 3.63) is 24.3 Å². The van der Waals surface area contributed by atoms with Gasteiger partial charge in [-0.05, 0) is 83.5 Å². The molecule has 0 spiro atoms. The lowest BCUT2D eigenvalue weighted by atomic mass is 10.0. The van der Waals surface area contributed by atoms with Crippen molar-refractivity contribution in [1.82, 2.24) is 10.6 Å². The molecule has 0 heterocycles. The molecule has 0 saturated carbocycles. The zero-order valence-corrected chi connectivity index (χ0v) is 55.2. The first kappa shape index (κ1) is 85.2. The van der Waals surface area contributed by atoms with E-state index in [1.807, 2.05) is 40.3 Å². The topological polar surface area (TPSA) is 204 Å². The van der Waals surface area contributed by atoms with Crippen molar-refractivity contribution in [1.29, 1.82) is 0 Å². The number of ether oxygens (including phenoxy) is 4. The monoisotopic (exact) mass is 1210 g/mol. The molecule has 0 radical (unpaired) electrons. The smallest absolute Gasteiger partial charge is 0.362 e. The Morgan fingerprint density at radius 2 is 0.793 bits per heavy atom. The van der Waals surface area contributed by atoms with Crippen LogP contribution < -0.4 is 10.6 Å². The summed E-state index contributed by atoms with van der Waals surface area (Å²) in [6, 6.07) is 0. The van der Waals surface area contributed by atoms with Gasteiger partial charge in [-0.1, -0.05) is 161 Å². The highest BCUT2D eigenvalue weighted by molar-refractivity contribution is 5.85. The predicted molar refractivity (Wildman–Crippen MR) is 338 cm³/mol. The molecule has 0 saturated heterocycles. The van der Waals surface area contributed by atoms with Crippen LogP contribution in [0.1, 0.15) is 247 Å². The number of aliphatic hydroxyl groups excluding tert-OH is 2. The van der Waals surface area contributed by atoms with Crippen LogP contribution in [0.2, 0.25) is 0 Å². The molecule has 0 fully saturated rings. The quantitative estimate of drug-likeness (QED) is 0.0148. The van der Waals surface area contributed by atoms with Gasteiger partial charge < -0.3 is 48.8 Å². The molecule has 0 bridgehead atoms. The molecule has 0 aromatic carbocycles. The van der Waals surface area contributed by atoms with E-state index in [1.165, 1.54) is 84.5 Å². The normalized spacial score (nSPS) is 12.9. The molecule has 0 aliphatic carbocycles. The third-order valence-electron chi connectivity index (χ3n) is 14.1. The zero-order valence-electron chi connectivity index (χ0n) is 53.6. The molecule has 0 aromatic rings. The van der Waals surface area contributed by atoms with E-state index in [-0.39, 0.29) is 86.8 Å². The highest BCUT2D eigenvalue weighted by Crippen LogP contribution is 2.18. The maximum absolute atomic E-state index is 12.7. The number of hydrogen-bond acceptors (Lipinski definition) is 12. The van der Waals surface area contributed by atoms with Crippen LogP contribution >= 0.6 is 24.8 Å². The zero-order chi connectivity index (χ0) is 60.1. The van der Waals surface area contributed by atoms with Crippen LogP contribution in [0, 0.1) is 0 Å². The second-order valence-electron chi connectivity index (χ2n) is 23.4. The van der Waals surface area contributed by atoms with Crippen LogP contribution in [-0.2, 0) is 47.7 Å². The van der Waals surface area contributed by atoms with Gasteiger partial charge in [-0.15, -0.1) is 24.8 Å². The lowest BCUT2D eigenvalue weighted by Crippen LogP contribution is -2.47. The number of amides is 2. The summed E-state index contributed by atoms with van der Waals surface area (Å²) in [5.41, 5.74) is 0. The fourth-order valence-corrected chi connectivity index (χ4v) is 9.02. The number of nitrogens with zero attached hydrogens (tertiary/aromatic N) is 2. The number of carbonyl (C=O) groups excluding carboxylic acids is 6. The summed E-state index contributed by atoms with van der Waals surface area (Å²) in [6.45, 7) is 14.2. The number of likely N-dealkylation sites (N-methyl/N-ethyl adjacent to an activating group) is 2. The van der Waals surface area contributed by atoms with Gasteiger partial charge in [-0.3, -0.25) is 19.2 Å². The van der Waals surface area contributed by atoms with Gasteiger partial charge in [0, 0.05) is 40.3 Å². The number of aliphatic hydroxyl groups is 2. The first-order chi connectivity index (χ1) is 38.2. The van der Waals surface area contributed by atoms with Gasteiger partial charge in [0.05, 0.1) is 40.4 Å². The van der Waals surface area contributed by atoms with Gasteiger partial charge >= 0.3 is 23.9 Å². The molecule has 0 aliphatic rings. The predicted octanol–water partition coefficient (Wildman–Crippen LogP) is 12.5. The van der Waals surface area contributed by atoms with E-state index >= 15 is 0 Å². The summed E-state index contributed by atoms with van der Waals surface area (Å²) in [5, 5.41) is 27.4. The molecule has 4 N–H and O–H groups in total. The van der Waals surface area contributed by atoms with E-state index < -0.39 is 24.4 Å². The number of esters is 4. The minimum Gasteiger partial charge on any atom is -0.460 e. The van der Waals surface area contributed by atoms with Gasteiger partial charge in [0.1, 0.15) is 38.5 Å². The Labute approximate surface area is 512 Å². The van der Waals surface area contributed by atoms with E-state index in [1.54, 1.807) is 6.92 Å². The Morgan fingerprint density at radius 1 is 0.451 bits per heavy atom. The number of unbranched alkanes of at least 4 members (excludes halogenated alkanes) is 22. The van der Waals surface area contributed by atoms with Crippen molar-refractivity contribution in [2.24, 2.45) is 0 Å². The molecule has 18 heteroatoms. The van der Waals surface area contributed by atoms with Crippen LogP contribution in [0.3, 0.4) is 0 Å². The second kappa shape index (κ2) is 58.1. The van der Waals surface area contributed by atoms with Crippen molar-refractivity contribution >= 4 is 60.5 Å². The fourth-order valence-electron chi connectivity index (χ4n) is 9.02. The lowest BCUT2D eigenvalue weighted by molar-refractivity contribution is -0.883. The summed E-state index contributed by atoms with van der Waals surface area (Å²) in [5.74, 6) is -1.13. The average Bonchev–Trinajstić information content (AvgIpc) is 3.37. The molecule has 0 rings (SSSR count). The van der Waals surface area contributed by atoms with Crippen LogP contribution in [0.4, 0.5) is 0 Å². The summed E-state index contributed by atoms with van der Waals surface area (Å²) < 4.78 is 22.2. The number of halogens is 2. The van der Waals surface area contributed by atoms with Crippen LogP contribution in [0.15, 0.2) is 24.3 Å². The molecule has 2 amide bonds. The van der Waals surface area contributed by atoms with Gasteiger partial charge in [0.15, 0.2) is 13.1 Å². The number of quaternary nitrogens is 2. The molecule has 4 atom stereocenters. The Hall–Kier alpha value is -3.28. The first-order valence-electron chi connectivity index (χ1n) is 31.6. The van der Waals surface area contributed by atoms with E-state index in [2.05, 4.69) is 43.6 Å². The minimum absolute atomic E-state index is 0. The number of carbonyl (C=O) groups is 6. The number of nitrogens with one attached hydrogen (secondary N) is 2. The maximum Gasteiger partial charge on any atom is 0.362 e. The van der Waals surface area contributed by atoms with Crippen LogP contribution in [0.5, 0.6) is 0 Å². The van der Waals surface area contributed by atoms with E-state index in [0.29, 0.717) is 54.2 Å². The third kappa shape index (κ3) is 59.9. The maximum atomic E-state index is 12.7. The number of allylic oxidation sites excluding steroid dienone is 2. The van der Waals surface area contributed by atoms with E-state index in [0.717, 1.165) is 116 Å². The molecule has 484 valence electrons. The van der Waals surface area contributed by atoms with E-state index in [4.69, 9.17) is 18.9 Å². The molecule has 0 aliphatic heterocycles. The molecule has 82 heavy (non-hydrogen) atoms. The molecule has 4 unspecified atom stereocenters. The van der Waals surface area contributed by atoms with Gasteiger partial charge in [0.25, 0.3) is 0 Å². The third-order valence-corrected chi connectivity index (χ3v) is 14.1. The van der Waals surface area contributed by atoms with Gasteiger partial charge in [-0.25, -0.2) is 9.59 Å². The minimum atomic E-state index is -0.742. The first-order valence-corrected chi connectivity index (χ1v) is 31.6. The SMILES string of the molecule is CCCCCC(OC(=O)C[N+](C)(C)CCOC(C)=O)C(O)C/C=C\CCCCCCCC(=O)NCCCCCCCCCCNC(C)=O.CCCCCCCC/C=C\CC(O)C(CCCCC)OC(=O)C[N+](C)(C)CCOC(C)=O.Cl.Cl. The summed E-state index contributed by atoms with van der Waals surface area (Å²) in [6.07, 6.45) is 39.0. The standard InChI is InChI=1S/C38H71N3O7.C26H50NO5.2ClH/c1-6-7-20-26-36(48-38(46)32-41(4,5)30-31-47-34(3)43)35(44)25-21-16-12-8-9-13-17-22-27-37(45)40-29-24-19-15-11-10-14-18-23-28-39-33(2)42;1-6-8-10-11-12-13-14-15-17-18-24(29)25(19-16-9-7-2)32-26(30)22-27(4,5)20-21-31-23(3)28;;/h16,21,35-36,44H,6-15,17-20,22-32H2,1-5H3,(H-,39,40,42,45);15,17,24-25,29H,6-14,16,18-22H2,1-5H3;2*1H/q;+1;;/p+1/b21-16-;17-15-;;. The Balaban J connectivity index is -0.000000781. The highest BCUT2D eigenvalue weighted by Gasteiger charge is 2.29. The Bertz CT molecular complexity index is 1640. The number of rotatable bonds is 52. The van der Waals surface area contributed by atoms with E-state index in [9.17, 15) is 39.0 Å². The Morgan fingerprint density at radius 3 is 1.17 bits per heavy atom. The van der Waals surface area contributed by atoms with Crippen molar-refractivity contribution in [3.8, 4) is 0 Å². The summed E-state index contributed by atoms with van der Waals surface area (Å²) in [4.78, 5) is 70.2. The lowest BCUT2D eigenvalue weighted by Gasteiger charge is -2.30. The highest BCUT2D eigenvalue weighted by atomic mass is 35.5. The second-order valence-corrected chi connectivity index (χ2v) is 23.4. The van der Waals surface area contributed by atoms with Crippen molar-refractivity contribution in [2.75, 3.05) is 80.7 Å². The van der Waals surface area contributed by atoms with Crippen molar-refractivity contribution in [2.45, 2.75) is 271 Å². The average molecular weight is 1210 g/mol. The Kier molecular flexibility index (Phi) is 60.4. The largest absolute Gasteiger partial charge is 0.460 e. The fraction of sp³-hybridized carbons (Fsp3) is 0.844. The van der Waals surface area contributed by atoms with Crippen molar-refractivity contribution in [3.63, 3.8) is 0 Å².